The third-order valence-corrected chi connectivity index (χ3v) is 2.63. The zero-order chi connectivity index (χ0) is 11.0. The van der Waals surface area contributed by atoms with Crippen LogP contribution in [-0.2, 0) is 14.3 Å². The van der Waals surface area contributed by atoms with Crippen LogP contribution >= 0.6 is 0 Å². The number of epoxide rings is 1. The quantitative estimate of drug-likeness (QED) is 0.619. The number of carboxylic acid groups (broad SMARTS) is 1. The summed E-state index contributed by atoms with van der Waals surface area (Å²) in [7, 11) is 0. The Hall–Kier alpha value is -1.07. The Morgan fingerprint density at radius 2 is 2.40 bits per heavy atom. The van der Waals surface area contributed by atoms with E-state index in [2.05, 4.69) is 5.32 Å². The number of aliphatic carboxylic acids is 1. The zero-order valence-electron chi connectivity index (χ0n) is 8.77. The van der Waals surface area contributed by atoms with Gasteiger partial charge in [0.2, 0.25) is 0 Å². The number of fused-ring (bicyclic) bond motifs is 1. The topological polar surface area (TPSA) is 71.1 Å². The Labute approximate surface area is 88.1 Å². The van der Waals surface area contributed by atoms with Gasteiger partial charge in [0.1, 0.15) is 18.1 Å². The second kappa shape index (κ2) is 3.83. The molecule has 2 rings (SSSR count). The second-order valence-electron chi connectivity index (χ2n) is 3.89. The Morgan fingerprint density at radius 3 is 3.00 bits per heavy atom. The van der Waals surface area contributed by atoms with Gasteiger partial charge in [-0.15, -0.1) is 0 Å². The predicted molar refractivity (Wildman–Crippen MR) is 52.1 cm³/mol. The highest BCUT2D eigenvalue weighted by molar-refractivity contribution is 5.77. The monoisotopic (exact) mass is 213 g/mol. The van der Waals surface area contributed by atoms with Crippen molar-refractivity contribution in [1.82, 2.24) is 5.32 Å². The van der Waals surface area contributed by atoms with Gasteiger partial charge in [-0.05, 0) is 19.9 Å². The van der Waals surface area contributed by atoms with E-state index in [1.807, 2.05) is 6.92 Å². The van der Waals surface area contributed by atoms with E-state index in [9.17, 15) is 4.79 Å². The molecule has 2 N–H and O–H groups in total. The van der Waals surface area contributed by atoms with E-state index in [4.69, 9.17) is 14.6 Å². The largest absolute Gasteiger partial charge is 0.493 e. The minimum atomic E-state index is -0.938. The molecule has 84 valence electrons. The van der Waals surface area contributed by atoms with Gasteiger partial charge in [0.15, 0.2) is 6.04 Å². The van der Waals surface area contributed by atoms with Crippen LogP contribution in [0, 0.1) is 0 Å². The van der Waals surface area contributed by atoms with E-state index in [1.165, 1.54) is 0 Å². The summed E-state index contributed by atoms with van der Waals surface area (Å²) >= 11 is 0. The number of rotatable bonds is 1. The van der Waals surface area contributed by atoms with Gasteiger partial charge in [0.05, 0.1) is 6.10 Å². The molecule has 2 unspecified atom stereocenters. The number of allylic oxidation sites excluding steroid dienone is 1. The van der Waals surface area contributed by atoms with Gasteiger partial charge in [-0.2, -0.15) is 0 Å². The summed E-state index contributed by atoms with van der Waals surface area (Å²) in [5, 5.41) is 11.9. The first-order valence-corrected chi connectivity index (χ1v) is 5.09. The van der Waals surface area contributed by atoms with Gasteiger partial charge in [-0.25, -0.2) is 0 Å². The standard InChI is InChI=1S/C10H15NO4/c1-3-6-8(10(12)13)11-9-7(15-9)4-5(2)14-6/h3,5,7-9,11H,4H2,1-2H3,(H,12,13)/b6-3-/t5-,7?,8+,9?/m0/s1. The normalized spacial score (nSPS) is 42.4. The highest BCUT2D eigenvalue weighted by atomic mass is 16.6. The molecule has 0 spiro atoms. The average molecular weight is 213 g/mol. The van der Waals surface area contributed by atoms with Crippen molar-refractivity contribution in [3.63, 3.8) is 0 Å². The fraction of sp³-hybridized carbons (Fsp3) is 0.700. The molecular weight excluding hydrogens is 198 g/mol. The molecule has 0 aliphatic carbocycles. The molecule has 4 atom stereocenters. The maximum absolute atomic E-state index is 11.0. The Kier molecular flexibility index (Phi) is 2.67. The summed E-state index contributed by atoms with van der Waals surface area (Å²) < 4.78 is 10.8. The summed E-state index contributed by atoms with van der Waals surface area (Å²) in [6, 6.07) is -0.798. The molecule has 2 fully saturated rings. The summed E-state index contributed by atoms with van der Waals surface area (Å²) in [6.45, 7) is 3.69. The SMILES string of the molecule is C/C=C1\O[C@@H](C)CC2OC2N[C@H]1C(=O)O. The fourth-order valence-electron chi connectivity index (χ4n) is 1.82. The molecule has 15 heavy (non-hydrogen) atoms. The average Bonchev–Trinajstić information content (AvgIpc) is 2.85. The maximum Gasteiger partial charge on any atom is 0.328 e. The van der Waals surface area contributed by atoms with Crippen molar-refractivity contribution >= 4 is 5.97 Å². The molecular formula is C10H15NO4. The van der Waals surface area contributed by atoms with Crippen molar-refractivity contribution in [3.8, 4) is 0 Å². The van der Waals surface area contributed by atoms with Crippen LogP contribution in [0.1, 0.15) is 20.3 Å². The minimum Gasteiger partial charge on any atom is -0.493 e. The van der Waals surface area contributed by atoms with Gasteiger partial charge >= 0.3 is 5.97 Å². The molecule has 0 aromatic rings. The number of carboxylic acids is 1. The van der Waals surface area contributed by atoms with E-state index in [0.29, 0.717) is 5.76 Å². The Bertz CT molecular complexity index is 302. The molecule has 2 aliphatic heterocycles. The molecule has 0 amide bonds. The van der Waals surface area contributed by atoms with Crippen LogP contribution in [0.15, 0.2) is 11.8 Å². The molecule has 5 nitrogen and oxygen atoms in total. The molecule has 0 aromatic heterocycles. The maximum atomic E-state index is 11.0. The van der Waals surface area contributed by atoms with E-state index < -0.39 is 12.0 Å². The first kappa shape index (κ1) is 10.4. The first-order valence-electron chi connectivity index (χ1n) is 5.09. The zero-order valence-corrected chi connectivity index (χ0v) is 8.77. The van der Waals surface area contributed by atoms with Crippen molar-refractivity contribution in [2.24, 2.45) is 0 Å². The van der Waals surface area contributed by atoms with Crippen LogP contribution in [0.3, 0.4) is 0 Å². The Morgan fingerprint density at radius 1 is 1.67 bits per heavy atom. The summed E-state index contributed by atoms with van der Waals surface area (Å²) in [6.07, 6.45) is 2.44. The molecule has 0 aromatic carbocycles. The molecule has 0 radical (unpaired) electrons. The smallest absolute Gasteiger partial charge is 0.328 e. The van der Waals surface area contributed by atoms with Crippen LogP contribution < -0.4 is 5.32 Å². The second-order valence-corrected chi connectivity index (χ2v) is 3.89. The Balaban J connectivity index is 2.15. The lowest BCUT2D eigenvalue weighted by Gasteiger charge is -2.23. The molecule has 0 bridgehead atoms. The number of carbonyl (C=O) groups is 1. The summed E-state index contributed by atoms with van der Waals surface area (Å²) in [5.74, 6) is -0.476. The number of hydrogen-bond donors (Lipinski definition) is 2. The third kappa shape index (κ3) is 2.13. The van der Waals surface area contributed by atoms with Crippen molar-refractivity contribution in [1.29, 1.82) is 0 Å². The fourth-order valence-corrected chi connectivity index (χ4v) is 1.82. The predicted octanol–water partition coefficient (Wildman–Crippen LogP) is 0.467. The lowest BCUT2D eigenvalue weighted by Crippen LogP contribution is -2.43. The van der Waals surface area contributed by atoms with E-state index in [0.717, 1.165) is 6.42 Å². The van der Waals surface area contributed by atoms with Crippen molar-refractivity contribution in [2.45, 2.75) is 44.7 Å². The van der Waals surface area contributed by atoms with E-state index >= 15 is 0 Å². The molecule has 2 aliphatic rings. The van der Waals surface area contributed by atoms with Crippen LogP contribution in [0.5, 0.6) is 0 Å². The van der Waals surface area contributed by atoms with Crippen LogP contribution in [0.2, 0.25) is 0 Å². The minimum absolute atomic E-state index is 0.00449. The van der Waals surface area contributed by atoms with Gasteiger partial charge in [-0.1, -0.05) is 0 Å². The lowest BCUT2D eigenvalue weighted by atomic mass is 10.1. The summed E-state index contributed by atoms with van der Waals surface area (Å²) in [4.78, 5) is 11.0. The van der Waals surface area contributed by atoms with Gasteiger partial charge in [-0.3, -0.25) is 10.1 Å². The third-order valence-electron chi connectivity index (χ3n) is 2.63. The molecule has 5 heteroatoms. The van der Waals surface area contributed by atoms with Gasteiger partial charge in [0, 0.05) is 6.42 Å². The summed E-state index contributed by atoms with van der Waals surface area (Å²) in [5.41, 5.74) is 0. The van der Waals surface area contributed by atoms with E-state index in [-0.39, 0.29) is 18.4 Å². The van der Waals surface area contributed by atoms with Crippen molar-refractivity contribution < 1.29 is 19.4 Å². The van der Waals surface area contributed by atoms with E-state index in [1.54, 1.807) is 13.0 Å². The number of nitrogens with one attached hydrogen (secondary N) is 1. The van der Waals surface area contributed by atoms with Crippen molar-refractivity contribution in [2.75, 3.05) is 0 Å². The van der Waals surface area contributed by atoms with Crippen molar-refractivity contribution in [3.05, 3.63) is 11.8 Å². The molecule has 2 saturated heterocycles. The van der Waals surface area contributed by atoms with Crippen LogP contribution in [0.25, 0.3) is 0 Å². The molecule has 0 saturated carbocycles. The number of ether oxygens (including phenoxy) is 2. The highest BCUT2D eigenvalue weighted by Crippen LogP contribution is 2.30. The lowest BCUT2D eigenvalue weighted by molar-refractivity contribution is -0.140. The van der Waals surface area contributed by atoms with Crippen LogP contribution in [-0.4, -0.2) is 35.6 Å². The van der Waals surface area contributed by atoms with Gasteiger partial charge in [0.25, 0.3) is 0 Å². The van der Waals surface area contributed by atoms with Gasteiger partial charge < -0.3 is 14.6 Å². The highest BCUT2D eigenvalue weighted by Gasteiger charge is 2.45. The first-order chi connectivity index (χ1) is 7.11. The molecule has 2 heterocycles. The van der Waals surface area contributed by atoms with Crippen LogP contribution in [0.4, 0.5) is 0 Å². The number of hydrogen-bond acceptors (Lipinski definition) is 4.